The second-order valence-electron chi connectivity index (χ2n) is 4.60. The predicted molar refractivity (Wildman–Crippen MR) is 78.7 cm³/mol. The van der Waals surface area contributed by atoms with Crippen molar-refractivity contribution in [3.63, 3.8) is 0 Å². The van der Waals surface area contributed by atoms with E-state index < -0.39 is 0 Å². The van der Waals surface area contributed by atoms with Gasteiger partial charge in [0.25, 0.3) is 5.91 Å². The first-order valence-corrected chi connectivity index (χ1v) is 7.13. The van der Waals surface area contributed by atoms with E-state index in [0.29, 0.717) is 23.8 Å². The highest BCUT2D eigenvalue weighted by atomic mass is 32.1. The minimum Gasteiger partial charge on any atom is -0.382 e. The van der Waals surface area contributed by atoms with E-state index in [2.05, 4.69) is 15.0 Å². The summed E-state index contributed by atoms with van der Waals surface area (Å²) in [5, 5.41) is 6.71. The van der Waals surface area contributed by atoms with E-state index in [1.54, 1.807) is 0 Å². The molecular formula is C12H22N4O2S. The molecule has 1 rings (SSSR count). The van der Waals surface area contributed by atoms with Crippen molar-refractivity contribution in [1.29, 1.82) is 0 Å². The molecule has 4 N–H and O–H groups in total. The van der Waals surface area contributed by atoms with E-state index in [9.17, 15) is 4.79 Å². The Morgan fingerprint density at radius 1 is 1.47 bits per heavy atom. The maximum absolute atomic E-state index is 12.1. The predicted octanol–water partition coefficient (Wildman–Crippen LogP) is 1.70. The van der Waals surface area contributed by atoms with Gasteiger partial charge in [-0.25, -0.2) is 0 Å². The first kappa shape index (κ1) is 15.7. The SMILES string of the molecule is CCOCC(C)Nc1snc(N)c1C(=O)NC(C)C. The summed E-state index contributed by atoms with van der Waals surface area (Å²) in [4.78, 5) is 12.1. The fourth-order valence-corrected chi connectivity index (χ4v) is 2.34. The lowest BCUT2D eigenvalue weighted by atomic mass is 10.2. The standard InChI is InChI=1S/C12H22N4O2S/c1-5-18-6-8(4)15-12-9(10(13)16-19-12)11(17)14-7(2)3/h7-8,15H,5-6H2,1-4H3,(H2,13,16)(H,14,17). The summed E-state index contributed by atoms with van der Waals surface area (Å²) in [5.41, 5.74) is 6.18. The lowest BCUT2D eigenvalue weighted by molar-refractivity contribution is 0.0944. The highest BCUT2D eigenvalue weighted by molar-refractivity contribution is 7.11. The molecule has 0 spiro atoms. The van der Waals surface area contributed by atoms with Crippen LogP contribution in [0.15, 0.2) is 0 Å². The van der Waals surface area contributed by atoms with Crippen LogP contribution >= 0.6 is 11.5 Å². The van der Waals surface area contributed by atoms with E-state index in [1.165, 1.54) is 11.5 Å². The van der Waals surface area contributed by atoms with Crippen LogP contribution in [0.2, 0.25) is 0 Å². The van der Waals surface area contributed by atoms with Gasteiger partial charge in [0.2, 0.25) is 0 Å². The molecule has 0 radical (unpaired) electrons. The van der Waals surface area contributed by atoms with Crippen LogP contribution < -0.4 is 16.4 Å². The van der Waals surface area contributed by atoms with Crippen molar-refractivity contribution in [2.75, 3.05) is 24.3 Å². The van der Waals surface area contributed by atoms with Gasteiger partial charge < -0.3 is 21.1 Å². The highest BCUT2D eigenvalue weighted by Gasteiger charge is 2.20. The summed E-state index contributed by atoms with van der Waals surface area (Å²) in [6, 6.07) is 0.144. The van der Waals surface area contributed by atoms with Crippen molar-refractivity contribution in [1.82, 2.24) is 9.69 Å². The summed E-state index contributed by atoms with van der Waals surface area (Å²) in [6.07, 6.45) is 0. The van der Waals surface area contributed by atoms with Crippen molar-refractivity contribution in [3.8, 4) is 0 Å². The number of anilines is 2. The van der Waals surface area contributed by atoms with Crippen LogP contribution in [-0.2, 0) is 4.74 Å². The largest absolute Gasteiger partial charge is 0.382 e. The van der Waals surface area contributed by atoms with E-state index >= 15 is 0 Å². The number of nitrogens with one attached hydrogen (secondary N) is 2. The van der Waals surface area contributed by atoms with E-state index in [4.69, 9.17) is 10.5 Å². The molecule has 6 nitrogen and oxygen atoms in total. The first-order chi connectivity index (χ1) is 8.95. The monoisotopic (exact) mass is 286 g/mol. The maximum atomic E-state index is 12.1. The van der Waals surface area contributed by atoms with Gasteiger partial charge in [-0.2, -0.15) is 4.37 Å². The third-order valence-electron chi connectivity index (χ3n) is 2.31. The molecule has 7 heteroatoms. The molecule has 1 aromatic rings. The van der Waals surface area contributed by atoms with Crippen LogP contribution in [0.1, 0.15) is 38.1 Å². The number of nitrogens with zero attached hydrogens (tertiary/aromatic N) is 1. The number of nitrogens with two attached hydrogens (primary N) is 1. The molecule has 0 aliphatic rings. The number of ether oxygens (including phenoxy) is 1. The molecule has 0 fully saturated rings. The fourth-order valence-electron chi connectivity index (χ4n) is 1.51. The topological polar surface area (TPSA) is 89.3 Å². The molecule has 1 unspecified atom stereocenters. The summed E-state index contributed by atoms with van der Waals surface area (Å²) in [6.45, 7) is 8.96. The summed E-state index contributed by atoms with van der Waals surface area (Å²) in [5.74, 6) is 0.0571. The summed E-state index contributed by atoms with van der Waals surface area (Å²) >= 11 is 1.19. The van der Waals surface area contributed by atoms with Gasteiger partial charge >= 0.3 is 0 Å². The Labute approximate surface area is 117 Å². The third kappa shape index (κ3) is 4.68. The molecular weight excluding hydrogens is 264 g/mol. The Bertz CT molecular complexity index is 420. The smallest absolute Gasteiger partial charge is 0.258 e. The van der Waals surface area contributed by atoms with Gasteiger partial charge in [-0.15, -0.1) is 0 Å². The Morgan fingerprint density at radius 2 is 2.16 bits per heavy atom. The molecule has 19 heavy (non-hydrogen) atoms. The van der Waals surface area contributed by atoms with Crippen molar-refractivity contribution in [2.45, 2.75) is 39.8 Å². The zero-order valence-corrected chi connectivity index (χ0v) is 12.6. The Morgan fingerprint density at radius 3 is 2.74 bits per heavy atom. The quantitative estimate of drug-likeness (QED) is 0.710. The molecule has 1 aromatic heterocycles. The zero-order chi connectivity index (χ0) is 14.4. The van der Waals surface area contributed by atoms with Crippen LogP contribution in [0.3, 0.4) is 0 Å². The second-order valence-corrected chi connectivity index (χ2v) is 5.38. The van der Waals surface area contributed by atoms with Crippen molar-refractivity contribution in [3.05, 3.63) is 5.56 Å². The molecule has 0 saturated heterocycles. The van der Waals surface area contributed by atoms with Crippen LogP contribution in [-0.4, -0.2) is 35.6 Å². The van der Waals surface area contributed by atoms with Crippen molar-refractivity contribution < 1.29 is 9.53 Å². The van der Waals surface area contributed by atoms with Crippen LogP contribution in [0.5, 0.6) is 0 Å². The molecule has 0 aliphatic heterocycles. The summed E-state index contributed by atoms with van der Waals surface area (Å²) < 4.78 is 9.36. The molecule has 0 saturated carbocycles. The highest BCUT2D eigenvalue weighted by Crippen LogP contribution is 2.27. The molecule has 1 heterocycles. The molecule has 108 valence electrons. The normalized spacial score (nSPS) is 12.5. The number of carbonyl (C=O) groups is 1. The number of aromatic nitrogens is 1. The molecule has 0 aromatic carbocycles. The van der Waals surface area contributed by atoms with Crippen LogP contribution in [0.25, 0.3) is 0 Å². The summed E-state index contributed by atoms with van der Waals surface area (Å²) in [7, 11) is 0. The average Bonchev–Trinajstić information content (AvgIpc) is 2.67. The number of hydrogen-bond donors (Lipinski definition) is 3. The first-order valence-electron chi connectivity index (χ1n) is 6.36. The Balaban J connectivity index is 2.76. The van der Waals surface area contributed by atoms with Crippen LogP contribution in [0.4, 0.5) is 10.8 Å². The number of nitrogen functional groups attached to an aromatic ring is 1. The number of amides is 1. The van der Waals surface area contributed by atoms with Crippen molar-refractivity contribution in [2.24, 2.45) is 0 Å². The number of carbonyl (C=O) groups excluding carboxylic acids is 1. The van der Waals surface area contributed by atoms with Gasteiger partial charge in [-0.3, -0.25) is 4.79 Å². The van der Waals surface area contributed by atoms with Crippen LogP contribution in [0, 0.1) is 0 Å². The molecule has 1 amide bonds. The lowest BCUT2D eigenvalue weighted by Gasteiger charge is -2.15. The van der Waals surface area contributed by atoms with Gasteiger partial charge in [-0.05, 0) is 39.2 Å². The Kier molecular flexibility index (Phi) is 6.04. The van der Waals surface area contributed by atoms with Crippen molar-refractivity contribution >= 4 is 28.3 Å². The van der Waals surface area contributed by atoms with Gasteiger partial charge in [0.05, 0.1) is 6.61 Å². The average molecular weight is 286 g/mol. The van der Waals surface area contributed by atoms with Gasteiger partial charge in [0.1, 0.15) is 10.6 Å². The third-order valence-corrected chi connectivity index (χ3v) is 3.11. The van der Waals surface area contributed by atoms with Gasteiger partial charge in [0, 0.05) is 18.7 Å². The molecule has 0 bridgehead atoms. The van der Waals surface area contributed by atoms with E-state index in [0.717, 1.165) is 0 Å². The van der Waals surface area contributed by atoms with Gasteiger partial charge in [-0.1, -0.05) is 0 Å². The van der Waals surface area contributed by atoms with E-state index in [-0.39, 0.29) is 23.8 Å². The number of rotatable bonds is 7. The fraction of sp³-hybridized carbons (Fsp3) is 0.667. The molecule has 0 aliphatic carbocycles. The second kappa shape index (κ2) is 7.30. The minimum atomic E-state index is -0.202. The molecule has 1 atom stereocenters. The van der Waals surface area contributed by atoms with Gasteiger partial charge in [0.15, 0.2) is 5.82 Å². The maximum Gasteiger partial charge on any atom is 0.258 e. The zero-order valence-electron chi connectivity index (χ0n) is 11.8. The minimum absolute atomic E-state index is 0.0560. The Hall–Kier alpha value is -1.34. The number of hydrogen-bond acceptors (Lipinski definition) is 6. The van der Waals surface area contributed by atoms with E-state index in [1.807, 2.05) is 27.7 Å². The lowest BCUT2D eigenvalue weighted by Crippen LogP contribution is -2.31.